The molecular weight excluding hydrogens is 312 g/mol. The zero-order chi connectivity index (χ0) is 17.8. The Hall–Kier alpha value is -2.33. The Bertz CT molecular complexity index is 698. The molecule has 25 heavy (non-hydrogen) atoms. The maximum Gasteiger partial charge on any atom is 0.223 e. The van der Waals surface area contributed by atoms with Gasteiger partial charge in [-0.2, -0.15) is 0 Å². The molecule has 0 aliphatic heterocycles. The van der Waals surface area contributed by atoms with E-state index >= 15 is 0 Å². The third kappa shape index (κ3) is 4.60. The number of likely N-dealkylation sites (N-methyl/N-ethyl adjacent to an activating group) is 1. The Morgan fingerprint density at radius 1 is 1.16 bits per heavy atom. The number of aromatic hydroxyl groups is 1. The van der Waals surface area contributed by atoms with Crippen molar-refractivity contribution in [2.24, 2.45) is 5.92 Å². The Morgan fingerprint density at radius 2 is 1.84 bits per heavy atom. The van der Waals surface area contributed by atoms with E-state index in [-0.39, 0.29) is 23.6 Å². The summed E-state index contributed by atoms with van der Waals surface area (Å²) in [7, 11) is 4.06. The fourth-order valence-corrected chi connectivity index (χ4v) is 3.24. The van der Waals surface area contributed by atoms with Gasteiger partial charge in [0.15, 0.2) is 0 Å². The monoisotopic (exact) mass is 338 g/mol. The molecule has 0 aromatic heterocycles. The van der Waals surface area contributed by atoms with E-state index < -0.39 is 0 Å². The van der Waals surface area contributed by atoms with Crippen molar-refractivity contribution >= 4 is 5.91 Å². The van der Waals surface area contributed by atoms with Gasteiger partial charge in [0.2, 0.25) is 5.91 Å². The van der Waals surface area contributed by atoms with E-state index in [4.69, 9.17) is 0 Å². The summed E-state index contributed by atoms with van der Waals surface area (Å²) in [6.07, 6.45) is 1.78. The topological polar surface area (TPSA) is 52.6 Å². The first-order valence-electron chi connectivity index (χ1n) is 8.81. The number of benzene rings is 2. The third-order valence-electron chi connectivity index (χ3n) is 5.00. The average molecular weight is 338 g/mol. The fourth-order valence-electron chi connectivity index (χ4n) is 3.24. The molecule has 1 aliphatic rings. The molecular formula is C21H26N2O2. The van der Waals surface area contributed by atoms with Gasteiger partial charge in [0, 0.05) is 18.5 Å². The van der Waals surface area contributed by atoms with Crippen LogP contribution in [0.1, 0.15) is 23.5 Å². The molecule has 2 aromatic rings. The summed E-state index contributed by atoms with van der Waals surface area (Å²) in [5.74, 6) is 0.917. The van der Waals surface area contributed by atoms with Crippen molar-refractivity contribution in [1.29, 1.82) is 0 Å². The van der Waals surface area contributed by atoms with Gasteiger partial charge < -0.3 is 15.3 Å². The van der Waals surface area contributed by atoms with Crippen molar-refractivity contribution in [1.82, 2.24) is 10.2 Å². The predicted molar refractivity (Wildman–Crippen MR) is 99.6 cm³/mol. The number of hydrogen-bond donors (Lipinski definition) is 2. The quantitative estimate of drug-likeness (QED) is 0.816. The lowest BCUT2D eigenvalue weighted by Gasteiger charge is -2.25. The summed E-state index contributed by atoms with van der Waals surface area (Å²) in [5, 5.41) is 12.5. The number of carbonyl (C=O) groups excluding carboxylic acids is 1. The molecule has 3 atom stereocenters. The lowest BCUT2D eigenvalue weighted by atomic mass is 10.0. The minimum atomic E-state index is 0.110. The highest BCUT2D eigenvalue weighted by atomic mass is 16.3. The van der Waals surface area contributed by atoms with Gasteiger partial charge in [-0.15, -0.1) is 0 Å². The molecule has 2 N–H and O–H groups in total. The number of amides is 1. The van der Waals surface area contributed by atoms with E-state index in [1.165, 1.54) is 5.56 Å². The zero-order valence-electron chi connectivity index (χ0n) is 14.9. The second-order valence-electron chi connectivity index (χ2n) is 7.09. The predicted octanol–water partition coefficient (Wildman–Crippen LogP) is 2.78. The molecule has 132 valence electrons. The minimum Gasteiger partial charge on any atom is -0.508 e. The molecule has 0 radical (unpaired) electrons. The summed E-state index contributed by atoms with van der Waals surface area (Å²) < 4.78 is 0. The first kappa shape index (κ1) is 17.5. The van der Waals surface area contributed by atoms with Crippen LogP contribution >= 0.6 is 0 Å². The largest absolute Gasteiger partial charge is 0.508 e. The highest BCUT2D eigenvalue weighted by Crippen LogP contribution is 2.47. The summed E-state index contributed by atoms with van der Waals surface area (Å²) >= 11 is 0. The molecule has 1 fully saturated rings. The maximum absolute atomic E-state index is 12.5. The smallest absolute Gasteiger partial charge is 0.223 e. The number of nitrogens with one attached hydrogen (secondary N) is 1. The van der Waals surface area contributed by atoms with Crippen LogP contribution in [0.25, 0.3) is 0 Å². The lowest BCUT2D eigenvalue weighted by molar-refractivity contribution is -0.122. The molecule has 4 heteroatoms. The van der Waals surface area contributed by atoms with Crippen molar-refractivity contribution in [3.63, 3.8) is 0 Å². The number of phenols is 1. The average Bonchev–Trinajstić information content (AvgIpc) is 3.41. The Labute approximate surface area is 149 Å². The molecule has 3 rings (SSSR count). The number of rotatable bonds is 7. The van der Waals surface area contributed by atoms with Crippen LogP contribution in [-0.4, -0.2) is 42.6 Å². The van der Waals surface area contributed by atoms with Crippen LogP contribution in [0, 0.1) is 5.92 Å². The van der Waals surface area contributed by atoms with E-state index in [9.17, 15) is 9.90 Å². The lowest BCUT2D eigenvalue weighted by Crippen LogP contribution is -2.42. The van der Waals surface area contributed by atoms with E-state index in [0.717, 1.165) is 18.4 Å². The Morgan fingerprint density at radius 3 is 2.48 bits per heavy atom. The van der Waals surface area contributed by atoms with Gasteiger partial charge in [-0.1, -0.05) is 42.5 Å². The van der Waals surface area contributed by atoms with Gasteiger partial charge in [-0.25, -0.2) is 0 Å². The van der Waals surface area contributed by atoms with Gasteiger partial charge in [0.05, 0.1) is 0 Å². The number of hydrogen-bond acceptors (Lipinski definition) is 3. The normalized spacial score (nSPS) is 20.3. The van der Waals surface area contributed by atoms with E-state index in [2.05, 4.69) is 22.3 Å². The van der Waals surface area contributed by atoms with Crippen LogP contribution in [0.5, 0.6) is 5.75 Å². The zero-order valence-corrected chi connectivity index (χ0v) is 14.9. The number of carbonyl (C=O) groups is 1. The van der Waals surface area contributed by atoms with Crippen molar-refractivity contribution < 1.29 is 9.90 Å². The molecule has 0 bridgehead atoms. The van der Waals surface area contributed by atoms with Crippen LogP contribution in [0.3, 0.4) is 0 Å². The molecule has 4 nitrogen and oxygen atoms in total. The molecule has 1 unspecified atom stereocenters. The van der Waals surface area contributed by atoms with Gasteiger partial charge in [-0.05, 0) is 56.1 Å². The van der Waals surface area contributed by atoms with Gasteiger partial charge >= 0.3 is 0 Å². The molecule has 1 amide bonds. The second kappa shape index (κ2) is 7.70. The van der Waals surface area contributed by atoms with Crippen LogP contribution in [-0.2, 0) is 11.2 Å². The van der Waals surface area contributed by atoms with E-state index in [0.29, 0.717) is 12.5 Å². The number of phenolic OH excluding ortho intramolecular Hbond substituents is 1. The van der Waals surface area contributed by atoms with Crippen molar-refractivity contribution in [2.45, 2.75) is 24.8 Å². The molecule has 0 spiro atoms. The molecule has 0 heterocycles. The third-order valence-corrected chi connectivity index (χ3v) is 5.00. The van der Waals surface area contributed by atoms with Crippen LogP contribution in [0.15, 0.2) is 54.6 Å². The van der Waals surface area contributed by atoms with Gasteiger partial charge in [0.25, 0.3) is 0 Å². The van der Waals surface area contributed by atoms with Crippen LogP contribution < -0.4 is 5.32 Å². The fraction of sp³-hybridized carbons (Fsp3) is 0.381. The van der Waals surface area contributed by atoms with Crippen molar-refractivity contribution in [3.05, 3.63) is 65.7 Å². The first-order valence-corrected chi connectivity index (χ1v) is 8.81. The summed E-state index contributed by atoms with van der Waals surface area (Å²) in [4.78, 5) is 14.6. The molecule has 1 saturated carbocycles. The highest BCUT2D eigenvalue weighted by molar-refractivity contribution is 5.82. The SMILES string of the molecule is CN(C)C(CNC(=O)[C@@H]1C[C@@H]1c1ccccc1)Cc1ccc(O)cc1. The Balaban J connectivity index is 1.52. The maximum atomic E-state index is 12.5. The van der Waals surface area contributed by atoms with Crippen molar-refractivity contribution in [3.8, 4) is 5.75 Å². The van der Waals surface area contributed by atoms with Crippen molar-refractivity contribution in [2.75, 3.05) is 20.6 Å². The van der Waals surface area contributed by atoms with E-state index in [1.54, 1.807) is 12.1 Å². The van der Waals surface area contributed by atoms with Gasteiger partial charge in [-0.3, -0.25) is 4.79 Å². The van der Waals surface area contributed by atoms with E-state index in [1.807, 2.05) is 44.4 Å². The van der Waals surface area contributed by atoms with Crippen LogP contribution in [0.4, 0.5) is 0 Å². The number of nitrogens with zero attached hydrogens (tertiary/aromatic N) is 1. The van der Waals surface area contributed by atoms with Gasteiger partial charge in [0.1, 0.15) is 5.75 Å². The summed E-state index contributed by atoms with van der Waals surface area (Å²) in [5.41, 5.74) is 2.41. The van der Waals surface area contributed by atoms with Crippen LogP contribution in [0.2, 0.25) is 0 Å². The second-order valence-corrected chi connectivity index (χ2v) is 7.09. The standard InChI is InChI=1S/C21H26N2O2/c1-23(2)17(12-15-8-10-18(24)11-9-15)14-22-21(25)20-13-19(20)16-6-4-3-5-7-16/h3-11,17,19-20,24H,12-14H2,1-2H3,(H,22,25)/t17?,19-,20-/m1/s1. The highest BCUT2D eigenvalue weighted by Gasteiger charge is 2.43. The Kier molecular flexibility index (Phi) is 5.39. The molecule has 2 aromatic carbocycles. The summed E-state index contributed by atoms with van der Waals surface area (Å²) in [6.45, 7) is 0.630. The molecule has 0 saturated heterocycles. The molecule has 1 aliphatic carbocycles. The first-order chi connectivity index (χ1) is 12.0. The minimum absolute atomic E-state index is 0.110. The summed E-state index contributed by atoms with van der Waals surface area (Å²) in [6, 6.07) is 17.8.